The number of hydrogen-bond acceptors (Lipinski definition) is 9. The first-order chi connectivity index (χ1) is 26.5. The van der Waals surface area contributed by atoms with Gasteiger partial charge in [0.2, 0.25) is 0 Å². The van der Waals surface area contributed by atoms with E-state index >= 15 is 4.39 Å². The summed E-state index contributed by atoms with van der Waals surface area (Å²) < 4.78 is 64.5. The normalized spacial score (nSPS) is 20.1. The number of pyridine rings is 1. The van der Waals surface area contributed by atoms with E-state index in [0.29, 0.717) is 40.6 Å². The lowest BCUT2D eigenvalue weighted by Gasteiger charge is -2.44. The van der Waals surface area contributed by atoms with Gasteiger partial charge in [-0.2, -0.15) is 13.5 Å². The molecule has 0 amide bonds. The smallest absolute Gasteiger partial charge is 0.387 e. The van der Waals surface area contributed by atoms with E-state index in [1.165, 1.54) is 48.5 Å². The minimum Gasteiger partial charge on any atom is -0.619 e. The van der Waals surface area contributed by atoms with Crippen LogP contribution < -0.4 is 19.5 Å². The Bertz CT molecular complexity index is 1990. The molecule has 1 aromatic heterocycles. The van der Waals surface area contributed by atoms with E-state index in [9.17, 15) is 23.6 Å². The summed E-state index contributed by atoms with van der Waals surface area (Å²) in [4.78, 5) is 29.6. The summed E-state index contributed by atoms with van der Waals surface area (Å²) in [7, 11) is 0. The molecule has 1 unspecified atom stereocenters. The molecule has 1 saturated carbocycles. The second-order valence-corrected chi connectivity index (χ2v) is 14.8. The van der Waals surface area contributed by atoms with Crippen molar-refractivity contribution in [3.8, 4) is 11.5 Å². The molecule has 8 rings (SSSR count). The molecule has 10 nitrogen and oxygen atoms in total. The van der Waals surface area contributed by atoms with E-state index in [-0.39, 0.29) is 51.1 Å². The largest absolute Gasteiger partial charge is 0.619 e. The second-order valence-electron chi connectivity index (χ2n) is 14.0. The van der Waals surface area contributed by atoms with Crippen molar-refractivity contribution in [1.29, 1.82) is 0 Å². The number of benzene rings is 3. The quantitative estimate of drug-likeness (QED) is 0.0725. The molecule has 3 atom stereocenters. The zero-order valence-electron chi connectivity index (χ0n) is 29.5. The lowest BCUT2D eigenvalue weighted by molar-refractivity contribution is -0.605. The highest BCUT2D eigenvalue weighted by molar-refractivity contribution is 6.35. The fourth-order valence-electron chi connectivity index (χ4n) is 6.96. The van der Waals surface area contributed by atoms with Gasteiger partial charge in [0.15, 0.2) is 29.9 Å². The summed E-state index contributed by atoms with van der Waals surface area (Å²) >= 11 is 12.8. The zero-order chi connectivity index (χ0) is 38.6. The van der Waals surface area contributed by atoms with Crippen LogP contribution in [0.25, 0.3) is 0 Å². The highest BCUT2D eigenvalue weighted by atomic mass is 35.5. The van der Waals surface area contributed by atoms with Gasteiger partial charge in [0.25, 0.3) is 0 Å². The van der Waals surface area contributed by atoms with Crippen LogP contribution in [0, 0.1) is 22.9 Å². The molecular weight excluding hydrogens is 762 g/mol. The number of nitrogens with zero attached hydrogens (tertiary/aromatic N) is 2. The summed E-state index contributed by atoms with van der Waals surface area (Å²) in [6.07, 6.45) is 4.55. The van der Waals surface area contributed by atoms with Crippen LogP contribution >= 0.6 is 23.2 Å². The average Bonchev–Trinajstić information content (AvgIpc) is 4.00. The van der Waals surface area contributed by atoms with Gasteiger partial charge in [-0.15, -0.1) is 0 Å². The Morgan fingerprint density at radius 3 is 2.29 bits per heavy atom. The standard InChI is InChI=1S/C40H38Cl2F3N3O7/c41-30-19-48(51)20-31(42)29(30)18-34(26-9-12-33(55-40(44)45)35(17-26)52-22-23-5-6-23)53-38(49)25-7-10-27(11-8-25)46-37(28-3-1-2-4-32(28)43)39(50)54-36-21-47-15-13-24(36)14-16-47/h1-4,7-12,17,19-20,23-24,34,36-37,40,46H,5-6,13-16,18,21-22H2/t34-,36-,37?/m0/s1. The summed E-state index contributed by atoms with van der Waals surface area (Å²) in [5.41, 5.74) is 1.32. The number of piperidine rings is 3. The van der Waals surface area contributed by atoms with Crippen molar-refractivity contribution in [3.63, 3.8) is 0 Å². The summed E-state index contributed by atoms with van der Waals surface area (Å²) in [5, 5.41) is 15.1. The van der Waals surface area contributed by atoms with Crippen LogP contribution in [0.1, 0.15) is 64.9 Å². The average molecular weight is 801 g/mol. The molecule has 4 fully saturated rings. The number of alkyl halides is 2. The minimum atomic E-state index is -3.10. The molecule has 4 heterocycles. The maximum Gasteiger partial charge on any atom is 0.387 e. The first-order valence-corrected chi connectivity index (χ1v) is 18.8. The topological polar surface area (TPSA) is 113 Å². The van der Waals surface area contributed by atoms with Crippen LogP contribution in [0.3, 0.4) is 0 Å². The van der Waals surface area contributed by atoms with Crippen molar-refractivity contribution >= 4 is 40.8 Å². The number of halogens is 5. The molecule has 3 aromatic carbocycles. The Morgan fingerprint density at radius 1 is 0.945 bits per heavy atom. The predicted octanol–water partition coefficient (Wildman–Crippen LogP) is 8.09. The number of anilines is 1. The van der Waals surface area contributed by atoms with E-state index in [4.69, 9.17) is 37.4 Å². The summed E-state index contributed by atoms with van der Waals surface area (Å²) in [6, 6.07) is 15.1. The monoisotopic (exact) mass is 799 g/mol. The number of ether oxygens (including phenoxy) is 4. The van der Waals surface area contributed by atoms with Gasteiger partial charge in [0.1, 0.15) is 28.1 Å². The van der Waals surface area contributed by atoms with Crippen molar-refractivity contribution in [3.05, 3.63) is 122 Å². The second kappa shape index (κ2) is 17.0. The van der Waals surface area contributed by atoms with Crippen molar-refractivity contribution in [1.82, 2.24) is 4.90 Å². The number of nitrogens with one attached hydrogen (secondary N) is 1. The van der Waals surface area contributed by atoms with Crippen LogP contribution in [0.15, 0.2) is 79.1 Å². The van der Waals surface area contributed by atoms with E-state index < -0.39 is 36.5 Å². The molecule has 3 saturated heterocycles. The van der Waals surface area contributed by atoms with Crippen LogP contribution in [0.2, 0.25) is 10.0 Å². The molecule has 55 heavy (non-hydrogen) atoms. The van der Waals surface area contributed by atoms with E-state index in [1.54, 1.807) is 18.2 Å². The third-order valence-electron chi connectivity index (χ3n) is 10.2. The van der Waals surface area contributed by atoms with Crippen LogP contribution in [0.5, 0.6) is 11.5 Å². The Labute approximate surface area is 325 Å². The maximum absolute atomic E-state index is 15.1. The molecule has 2 bridgehead atoms. The van der Waals surface area contributed by atoms with Crippen molar-refractivity contribution < 1.29 is 46.4 Å². The highest BCUT2D eigenvalue weighted by Crippen LogP contribution is 2.38. The third-order valence-corrected chi connectivity index (χ3v) is 10.8. The molecule has 15 heteroatoms. The van der Waals surface area contributed by atoms with Gasteiger partial charge in [-0.25, -0.2) is 14.0 Å². The minimum absolute atomic E-state index is 0.0262. The van der Waals surface area contributed by atoms with Crippen molar-refractivity contribution in [2.24, 2.45) is 11.8 Å². The van der Waals surface area contributed by atoms with Gasteiger partial charge in [0.05, 0.1) is 12.2 Å². The van der Waals surface area contributed by atoms with Gasteiger partial charge in [-0.1, -0.05) is 47.5 Å². The van der Waals surface area contributed by atoms with E-state index in [1.807, 2.05) is 0 Å². The van der Waals surface area contributed by atoms with Crippen LogP contribution in [-0.2, 0) is 20.7 Å². The predicted molar refractivity (Wildman–Crippen MR) is 197 cm³/mol. The first-order valence-electron chi connectivity index (χ1n) is 18.0. The maximum atomic E-state index is 15.1. The molecule has 0 spiro atoms. The molecule has 4 aliphatic rings. The number of hydrogen-bond donors (Lipinski definition) is 1. The Kier molecular flexibility index (Phi) is 11.9. The third kappa shape index (κ3) is 9.57. The van der Waals surface area contributed by atoms with E-state index in [2.05, 4.69) is 15.0 Å². The highest BCUT2D eigenvalue weighted by Gasteiger charge is 2.38. The number of rotatable bonds is 15. The SMILES string of the molecule is O=C(O[C@@H](Cc1c(Cl)c[n+]([O-])cc1Cl)c1ccc(OC(F)F)c(OCC2CC2)c1)c1ccc(NC(C(=O)O[C@H]2CN3CCC2CC3)c2ccccc2F)cc1. The number of carbonyl (C=O) groups is 2. The fraction of sp³-hybridized carbons (Fsp3) is 0.375. The van der Waals surface area contributed by atoms with E-state index in [0.717, 1.165) is 51.2 Å². The van der Waals surface area contributed by atoms with Gasteiger partial charge < -0.3 is 29.5 Å². The molecule has 0 radical (unpaired) electrons. The molecule has 290 valence electrons. The summed E-state index contributed by atoms with van der Waals surface area (Å²) in [5.74, 6) is -1.53. The van der Waals surface area contributed by atoms with Gasteiger partial charge in [-0.05, 0) is 98.6 Å². The molecule has 1 N–H and O–H groups in total. The first kappa shape index (κ1) is 38.6. The lowest BCUT2D eigenvalue weighted by atomic mass is 9.86. The Morgan fingerprint density at radius 2 is 1.65 bits per heavy atom. The summed E-state index contributed by atoms with van der Waals surface area (Å²) in [6.45, 7) is -0.225. The number of carbonyl (C=O) groups excluding carboxylic acids is 2. The van der Waals surface area contributed by atoms with Gasteiger partial charge in [0, 0.05) is 29.8 Å². The van der Waals surface area contributed by atoms with Crippen molar-refractivity contribution in [2.45, 2.75) is 57.0 Å². The van der Waals surface area contributed by atoms with Gasteiger partial charge in [-0.3, -0.25) is 4.90 Å². The number of aromatic nitrogens is 1. The molecular formula is C40H38Cl2F3N3O7. The van der Waals surface area contributed by atoms with Crippen LogP contribution in [-0.4, -0.2) is 55.8 Å². The zero-order valence-corrected chi connectivity index (χ0v) is 31.0. The Balaban J connectivity index is 1.12. The number of esters is 2. The molecule has 3 aliphatic heterocycles. The number of fused-ring (bicyclic) bond motifs is 3. The lowest BCUT2D eigenvalue weighted by Crippen LogP contribution is -2.52. The Hall–Kier alpha value is -4.72. The van der Waals surface area contributed by atoms with Crippen LogP contribution in [0.4, 0.5) is 18.9 Å². The van der Waals surface area contributed by atoms with Crippen molar-refractivity contribution in [2.75, 3.05) is 31.6 Å². The molecule has 4 aromatic rings. The molecule has 1 aliphatic carbocycles. The van der Waals surface area contributed by atoms with Gasteiger partial charge >= 0.3 is 18.6 Å². The fourth-order valence-corrected chi connectivity index (χ4v) is 7.56.